The maximum atomic E-state index is 12.8. The Kier molecular flexibility index (Phi) is 5.90. The summed E-state index contributed by atoms with van der Waals surface area (Å²) in [5.74, 6) is -0.373. The van der Waals surface area contributed by atoms with Gasteiger partial charge < -0.3 is 5.32 Å². The number of rotatable bonds is 4. The summed E-state index contributed by atoms with van der Waals surface area (Å²) in [6, 6.07) is 10.4. The summed E-state index contributed by atoms with van der Waals surface area (Å²) in [6.07, 6.45) is 0. The molecule has 2 rings (SSSR count). The molecule has 0 aliphatic rings. The average molecular weight is 415 g/mol. The Morgan fingerprint density at radius 2 is 1.62 bits per heavy atom. The minimum Gasteiger partial charge on any atom is -0.347 e. The van der Waals surface area contributed by atoms with E-state index in [0.29, 0.717) is 10.7 Å². The Balaban J connectivity index is 2.41. The Labute approximate surface area is 164 Å². The molecule has 0 saturated heterocycles. The maximum absolute atomic E-state index is 12.8. The number of carbonyl (C=O) groups is 1. The third-order valence-corrected chi connectivity index (χ3v) is 5.90. The monoisotopic (exact) mass is 414 g/mol. The fourth-order valence-corrected chi connectivity index (χ4v) is 3.71. The Bertz CT molecular complexity index is 920. The largest absolute Gasteiger partial charge is 0.347 e. The number of carbonyl (C=O) groups excluding carboxylic acids is 1. The zero-order chi connectivity index (χ0) is 19.7. The van der Waals surface area contributed by atoms with Gasteiger partial charge in [-0.2, -0.15) is 0 Å². The van der Waals surface area contributed by atoms with Crippen LogP contribution in [-0.2, 0) is 10.0 Å². The van der Waals surface area contributed by atoms with E-state index in [1.807, 2.05) is 20.8 Å². The van der Waals surface area contributed by atoms with E-state index in [1.165, 1.54) is 43.4 Å². The first-order valence-corrected chi connectivity index (χ1v) is 9.98. The van der Waals surface area contributed by atoms with E-state index in [-0.39, 0.29) is 21.4 Å². The number of halogens is 2. The molecule has 2 aromatic carbocycles. The molecule has 0 bridgehead atoms. The number of sulfonamides is 1. The first-order valence-electron chi connectivity index (χ1n) is 7.78. The summed E-state index contributed by atoms with van der Waals surface area (Å²) in [7, 11) is -2.38. The van der Waals surface area contributed by atoms with E-state index in [9.17, 15) is 13.2 Å². The minimum absolute atomic E-state index is 0.0973. The molecule has 0 saturated carbocycles. The van der Waals surface area contributed by atoms with Gasteiger partial charge in [-0.25, -0.2) is 8.42 Å². The maximum Gasteiger partial charge on any atom is 0.264 e. The van der Waals surface area contributed by atoms with Crippen LogP contribution >= 0.6 is 23.2 Å². The molecule has 0 atom stereocenters. The lowest BCUT2D eigenvalue weighted by atomic mass is 10.1. The van der Waals surface area contributed by atoms with Gasteiger partial charge in [-0.3, -0.25) is 9.10 Å². The molecule has 26 heavy (non-hydrogen) atoms. The molecule has 0 aliphatic heterocycles. The molecule has 0 radical (unpaired) electrons. The standard InChI is InChI=1S/C18H20Cl2N2O3S/c1-18(2,3)21-17(23)15-11-13(7-10-16(15)20)22(4)26(24,25)14-8-5-12(19)6-9-14/h5-11H,1-4H3,(H,21,23). The van der Waals surface area contributed by atoms with E-state index in [4.69, 9.17) is 23.2 Å². The smallest absolute Gasteiger partial charge is 0.264 e. The topological polar surface area (TPSA) is 66.5 Å². The first kappa shape index (κ1) is 20.6. The van der Waals surface area contributed by atoms with Crippen LogP contribution in [0.15, 0.2) is 47.4 Å². The molecule has 0 spiro atoms. The second-order valence-electron chi connectivity index (χ2n) is 6.79. The highest BCUT2D eigenvalue weighted by atomic mass is 35.5. The molecular weight excluding hydrogens is 395 g/mol. The van der Waals surface area contributed by atoms with Gasteiger partial charge in [-0.1, -0.05) is 23.2 Å². The first-order chi connectivity index (χ1) is 11.9. The molecule has 5 nitrogen and oxygen atoms in total. The van der Waals surface area contributed by atoms with Crippen molar-refractivity contribution in [1.29, 1.82) is 0 Å². The van der Waals surface area contributed by atoms with Crippen molar-refractivity contribution in [3.63, 3.8) is 0 Å². The summed E-state index contributed by atoms with van der Waals surface area (Å²) >= 11 is 11.9. The molecule has 0 unspecified atom stereocenters. The fourth-order valence-electron chi connectivity index (χ4n) is 2.19. The van der Waals surface area contributed by atoms with Crippen molar-refractivity contribution < 1.29 is 13.2 Å². The highest BCUT2D eigenvalue weighted by Crippen LogP contribution is 2.27. The van der Waals surface area contributed by atoms with E-state index in [0.717, 1.165) is 4.31 Å². The molecule has 140 valence electrons. The van der Waals surface area contributed by atoms with Crippen molar-refractivity contribution in [2.45, 2.75) is 31.2 Å². The van der Waals surface area contributed by atoms with Crippen molar-refractivity contribution >= 4 is 44.8 Å². The lowest BCUT2D eigenvalue weighted by Crippen LogP contribution is -2.40. The molecule has 0 aromatic heterocycles. The summed E-state index contributed by atoms with van der Waals surface area (Å²) in [5.41, 5.74) is 0.0817. The van der Waals surface area contributed by atoms with Crippen molar-refractivity contribution in [3.05, 3.63) is 58.1 Å². The molecular formula is C18H20Cl2N2O3S. The summed E-state index contributed by atoms with van der Waals surface area (Å²) in [5, 5.41) is 3.50. The van der Waals surface area contributed by atoms with Gasteiger partial charge in [0, 0.05) is 17.6 Å². The summed E-state index contributed by atoms with van der Waals surface area (Å²) < 4.78 is 26.7. The van der Waals surface area contributed by atoms with Crippen LogP contribution in [0.4, 0.5) is 5.69 Å². The van der Waals surface area contributed by atoms with Crippen LogP contribution in [0.2, 0.25) is 10.0 Å². The van der Waals surface area contributed by atoms with Crippen LogP contribution in [0.25, 0.3) is 0 Å². The number of benzene rings is 2. The van der Waals surface area contributed by atoms with Gasteiger partial charge in [0.2, 0.25) is 0 Å². The Hall–Kier alpha value is -1.76. The van der Waals surface area contributed by atoms with E-state index in [2.05, 4.69) is 5.32 Å². The summed E-state index contributed by atoms with van der Waals surface area (Å²) in [6.45, 7) is 5.54. The van der Waals surface area contributed by atoms with Crippen molar-refractivity contribution in [2.24, 2.45) is 0 Å². The quantitative estimate of drug-likeness (QED) is 0.808. The molecule has 8 heteroatoms. The number of hydrogen-bond acceptors (Lipinski definition) is 3. The predicted molar refractivity (Wildman–Crippen MR) is 106 cm³/mol. The van der Waals surface area contributed by atoms with Crippen LogP contribution in [0.1, 0.15) is 31.1 Å². The molecule has 0 heterocycles. The van der Waals surface area contributed by atoms with E-state index < -0.39 is 15.6 Å². The number of amides is 1. The van der Waals surface area contributed by atoms with Crippen molar-refractivity contribution in [3.8, 4) is 0 Å². The van der Waals surface area contributed by atoms with E-state index >= 15 is 0 Å². The summed E-state index contributed by atoms with van der Waals surface area (Å²) in [4.78, 5) is 12.5. The van der Waals surface area contributed by atoms with Crippen LogP contribution < -0.4 is 9.62 Å². The minimum atomic E-state index is -3.80. The zero-order valence-electron chi connectivity index (χ0n) is 14.9. The second kappa shape index (κ2) is 7.47. The highest BCUT2D eigenvalue weighted by Gasteiger charge is 2.24. The van der Waals surface area contributed by atoms with Gasteiger partial charge >= 0.3 is 0 Å². The number of nitrogens with zero attached hydrogens (tertiary/aromatic N) is 1. The van der Waals surface area contributed by atoms with E-state index in [1.54, 1.807) is 6.07 Å². The van der Waals surface area contributed by atoms with Gasteiger partial charge in [0.25, 0.3) is 15.9 Å². The van der Waals surface area contributed by atoms with Gasteiger partial charge in [0.05, 0.1) is 21.2 Å². The average Bonchev–Trinajstić information content (AvgIpc) is 2.53. The highest BCUT2D eigenvalue weighted by molar-refractivity contribution is 7.92. The Morgan fingerprint density at radius 3 is 2.15 bits per heavy atom. The molecule has 0 fully saturated rings. The van der Waals surface area contributed by atoms with Crippen molar-refractivity contribution in [2.75, 3.05) is 11.4 Å². The van der Waals surface area contributed by atoms with Crippen LogP contribution in [0, 0.1) is 0 Å². The zero-order valence-corrected chi connectivity index (χ0v) is 17.2. The molecule has 0 aliphatic carbocycles. The lowest BCUT2D eigenvalue weighted by molar-refractivity contribution is 0.0919. The van der Waals surface area contributed by atoms with Crippen LogP contribution in [0.3, 0.4) is 0 Å². The van der Waals surface area contributed by atoms with Gasteiger partial charge in [0.1, 0.15) is 0 Å². The predicted octanol–water partition coefficient (Wildman–Crippen LogP) is 4.35. The number of nitrogens with one attached hydrogen (secondary N) is 1. The van der Waals surface area contributed by atoms with Gasteiger partial charge in [-0.15, -0.1) is 0 Å². The second-order valence-corrected chi connectivity index (χ2v) is 9.61. The number of hydrogen-bond donors (Lipinski definition) is 1. The van der Waals surface area contributed by atoms with Crippen molar-refractivity contribution in [1.82, 2.24) is 5.32 Å². The van der Waals surface area contributed by atoms with Crippen LogP contribution in [-0.4, -0.2) is 26.9 Å². The van der Waals surface area contributed by atoms with Crippen LogP contribution in [0.5, 0.6) is 0 Å². The van der Waals surface area contributed by atoms with Gasteiger partial charge in [0.15, 0.2) is 0 Å². The lowest BCUT2D eigenvalue weighted by Gasteiger charge is -2.23. The third kappa shape index (κ3) is 4.69. The number of anilines is 1. The third-order valence-electron chi connectivity index (χ3n) is 3.52. The molecule has 1 amide bonds. The Morgan fingerprint density at radius 1 is 1.04 bits per heavy atom. The fraction of sp³-hybridized carbons (Fsp3) is 0.278. The van der Waals surface area contributed by atoms with Gasteiger partial charge in [-0.05, 0) is 63.2 Å². The normalized spacial score (nSPS) is 11.9. The SMILES string of the molecule is CN(c1ccc(Cl)c(C(=O)NC(C)(C)C)c1)S(=O)(=O)c1ccc(Cl)cc1. The molecule has 1 N–H and O–H groups in total. The molecule has 2 aromatic rings.